The molecular weight excluding hydrogens is 408 g/mol. The fraction of sp³-hybridized carbons (Fsp3) is 0.833. The molecule has 0 saturated heterocycles. The smallest absolute Gasteiger partial charge is 0.302 e. The second-order valence-electron chi connectivity index (χ2n) is 13.0. The second-order valence-corrected chi connectivity index (χ2v) is 13.0. The molecule has 3 heteroatoms. The summed E-state index contributed by atoms with van der Waals surface area (Å²) in [5.74, 6) is 3.59. The van der Waals surface area contributed by atoms with Gasteiger partial charge in [0.2, 0.25) is 0 Å². The van der Waals surface area contributed by atoms with Gasteiger partial charge in [-0.25, -0.2) is 0 Å². The standard InChI is InChI=1S/C30H48O3/c1-19(2)20(3)8-9-21(4)25-10-11-26-24-13-17-30(32)18-23(33-22(5)31)12-16-29(30,7)27(24)14-15-28(25,26)6/h8-9,13,19-21,23,25-27,32H,10-12,14-18H2,1-7H3/b9-8+/t20-,21+,23-,25+,26-,27-,28+,29+,30+/m0/s1. The van der Waals surface area contributed by atoms with Crippen LogP contribution in [0.4, 0.5) is 0 Å². The second kappa shape index (κ2) is 8.85. The Morgan fingerprint density at radius 3 is 2.45 bits per heavy atom. The monoisotopic (exact) mass is 456 g/mol. The first-order valence-electron chi connectivity index (χ1n) is 13.7. The zero-order valence-electron chi connectivity index (χ0n) is 22.2. The van der Waals surface area contributed by atoms with Gasteiger partial charge in [-0.05, 0) is 85.9 Å². The summed E-state index contributed by atoms with van der Waals surface area (Å²) >= 11 is 0. The Morgan fingerprint density at radius 1 is 1.06 bits per heavy atom. The zero-order chi connectivity index (χ0) is 24.2. The van der Waals surface area contributed by atoms with E-state index >= 15 is 0 Å². The van der Waals surface area contributed by atoms with Crippen LogP contribution in [0.5, 0.6) is 0 Å². The third-order valence-electron chi connectivity index (χ3n) is 11.0. The molecule has 0 aromatic rings. The fourth-order valence-corrected chi connectivity index (χ4v) is 8.42. The largest absolute Gasteiger partial charge is 0.462 e. The Labute approximate surface area is 202 Å². The predicted octanol–water partition coefficient (Wildman–Crippen LogP) is 7.10. The highest BCUT2D eigenvalue weighted by atomic mass is 16.5. The van der Waals surface area contributed by atoms with Crippen molar-refractivity contribution in [3.05, 3.63) is 23.8 Å². The molecule has 33 heavy (non-hydrogen) atoms. The van der Waals surface area contributed by atoms with Gasteiger partial charge < -0.3 is 9.84 Å². The van der Waals surface area contributed by atoms with Gasteiger partial charge in [0.05, 0.1) is 5.60 Å². The Morgan fingerprint density at radius 2 is 1.79 bits per heavy atom. The van der Waals surface area contributed by atoms with Crippen LogP contribution in [-0.4, -0.2) is 22.8 Å². The molecule has 0 aromatic carbocycles. The molecule has 0 radical (unpaired) electrons. The number of aliphatic hydroxyl groups is 1. The molecule has 0 heterocycles. The van der Waals surface area contributed by atoms with Crippen LogP contribution in [0.15, 0.2) is 23.8 Å². The number of fused-ring (bicyclic) bond motifs is 5. The van der Waals surface area contributed by atoms with E-state index < -0.39 is 5.60 Å². The summed E-state index contributed by atoms with van der Waals surface area (Å²) in [7, 11) is 0. The van der Waals surface area contributed by atoms with Gasteiger partial charge in [-0.1, -0.05) is 65.3 Å². The quantitative estimate of drug-likeness (QED) is 0.354. The molecule has 3 saturated carbocycles. The Kier molecular flexibility index (Phi) is 6.71. The molecule has 4 aliphatic rings. The minimum atomic E-state index is -0.756. The van der Waals surface area contributed by atoms with Crippen molar-refractivity contribution in [2.24, 2.45) is 46.3 Å². The van der Waals surface area contributed by atoms with E-state index in [-0.39, 0.29) is 17.5 Å². The number of carbonyl (C=O) groups is 1. The van der Waals surface area contributed by atoms with E-state index in [2.05, 4.69) is 59.8 Å². The topological polar surface area (TPSA) is 46.5 Å². The molecule has 4 rings (SSSR count). The van der Waals surface area contributed by atoms with Crippen LogP contribution in [-0.2, 0) is 9.53 Å². The van der Waals surface area contributed by atoms with Crippen LogP contribution < -0.4 is 0 Å². The molecule has 3 fully saturated rings. The number of ether oxygens (including phenoxy) is 1. The van der Waals surface area contributed by atoms with Crippen molar-refractivity contribution in [2.45, 2.75) is 112 Å². The lowest BCUT2D eigenvalue weighted by atomic mass is 9.46. The molecule has 9 atom stereocenters. The van der Waals surface area contributed by atoms with E-state index in [1.807, 2.05) is 0 Å². The minimum Gasteiger partial charge on any atom is -0.462 e. The van der Waals surface area contributed by atoms with Gasteiger partial charge in [0.1, 0.15) is 6.10 Å². The molecule has 3 nitrogen and oxygen atoms in total. The van der Waals surface area contributed by atoms with Crippen LogP contribution in [0.2, 0.25) is 0 Å². The zero-order valence-corrected chi connectivity index (χ0v) is 22.2. The number of rotatable bonds is 5. The number of carbonyl (C=O) groups excluding carboxylic acids is 1. The highest BCUT2D eigenvalue weighted by molar-refractivity contribution is 5.66. The average Bonchev–Trinajstić information content (AvgIpc) is 3.09. The molecule has 186 valence electrons. The third-order valence-corrected chi connectivity index (χ3v) is 11.0. The fourth-order valence-electron chi connectivity index (χ4n) is 8.42. The molecule has 0 unspecified atom stereocenters. The van der Waals surface area contributed by atoms with Crippen LogP contribution >= 0.6 is 0 Å². The van der Waals surface area contributed by atoms with E-state index in [0.29, 0.717) is 47.8 Å². The highest BCUT2D eigenvalue weighted by Gasteiger charge is 2.62. The molecule has 0 aromatic heterocycles. The first-order chi connectivity index (χ1) is 15.4. The van der Waals surface area contributed by atoms with Gasteiger partial charge in [-0.15, -0.1) is 0 Å². The molecule has 0 aliphatic heterocycles. The first kappa shape index (κ1) is 25.0. The average molecular weight is 457 g/mol. The molecule has 0 bridgehead atoms. The Balaban J connectivity index is 1.55. The summed E-state index contributed by atoms with van der Waals surface area (Å²) in [5, 5.41) is 11.8. The van der Waals surface area contributed by atoms with Crippen molar-refractivity contribution in [2.75, 3.05) is 0 Å². The molecule has 4 aliphatic carbocycles. The van der Waals surface area contributed by atoms with Gasteiger partial charge in [0, 0.05) is 18.8 Å². The summed E-state index contributed by atoms with van der Waals surface area (Å²) in [6.45, 7) is 15.8. The molecule has 0 spiro atoms. The highest BCUT2D eigenvalue weighted by Crippen LogP contribution is 2.67. The van der Waals surface area contributed by atoms with Crippen molar-refractivity contribution in [3.8, 4) is 0 Å². The lowest BCUT2D eigenvalue weighted by molar-refractivity contribution is -0.183. The minimum absolute atomic E-state index is 0.106. The number of allylic oxidation sites excluding steroid dienone is 3. The predicted molar refractivity (Wildman–Crippen MR) is 135 cm³/mol. The van der Waals surface area contributed by atoms with Crippen LogP contribution in [0.25, 0.3) is 0 Å². The van der Waals surface area contributed by atoms with Crippen molar-refractivity contribution < 1.29 is 14.6 Å². The maximum atomic E-state index is 11.8. The number of hydrogen-bond acceptors (Lipinski definition) is 3. The van der Waals surface area contributed by atoms with E-state index in [0.717, 1.165) is 18.8 Å². The Hall–Kier alpha value is -1.09. The number of esters is 1. The number of hydrogen-bond donors (Lipinski definition) is 1. The van der Waals surface area contributed by atoms with E-state index in [1.165, 1.54) is 32.6 Å². The van der Waals surface area contributed by atoms with Crippen molar-refractivity contribution >= 4 is 5.97 Å². The lowest BCUT2D eigenvalue weighted by Gasteiger charge is -2.61. The Bertz CT molecular complexity index is 811. The van der Waals surface area contributed by atoms with E-state index in [9.17, 15) is 9.90 Å². The van der Waals surface area contributed by atoms with Gasteiger partial charge in [0.15, 0.2) is 0 Å². The summed E-state index contributed by atoms with van der Waals surface area (Å²) in [6, 6.07) is 0. The van der Waals surface area contributed by atoms with Gasteiger partial charge in [-0.2, -0.15) is 0 Å². The van der Waals surface area contributed by atoms with Gasteiger partial charge >= 0.3 is 5.97 Å². The van der Waals surface area contributed by atoms with Gasteiger partial charge in [0.25, 0.3) is 0 Å². The van der Waals surface area contributed by atoms with Crippen molar-refractivity contribution in [1.29, 1.82) is 0 Å². The summed E-state index contributed by atoms with van der Waals surface area (Å²) in [5.41, 5.74) is 1.17. The van der Waals surface area contributed by atoms with Crippen molar-refractivity contribution in [1.82, 2.24) is 0 Å². The van der Waals surface area contributed by atoms with E-state index in [1.54, 1.807) is 5.57 Å². The third kappa shape index (κ3) is 4.15. The molecule has 1 N–H and O–H groups in total. The van der Waals surface area contributed by atoms with Crippen molar-refractivity contribution in [3.63, 3.8) is 0 Å². The maximum absolute atomic E-state index is 11.8. The normalized spacial score (nSPS) is 44.6. The summed E-state index contributed by atoms with van der Waals surface area (Å²) in [6.07, 6.45) is 15.5. The lowest BCUT2D eigenvalue weighted by Crippen LogP contribution is -2.60. The molecular formula is C30H48O3. The SMILES string of the molecule is CC(=O)O[C@H]1CC[C@]2(C)[C@H]3CC[C@]4(C)[C@@H]([C@H](C)/C=C/[C@H](C)C(C)C)CC[C@H]4C3=CC[C@@]2(O)C1. The van der Waals surface area contributed by atoms with Gasteiger partial charge in [-0.3, -0.25) is 4.79 Å². The van der Waals surface area contributed by atoms with Crippen LogP contribution in [0, 0.1) is 46.3 Å². The maximum Gasteiger partial charge on any atom is 0.302 e. The summed E-state index contributed by atoms with van der Waals surface area (Å²) in [4.78, 5) is 11.5. The summed E-state index contributed by atoms with van der Waals surface area (Å²) < 4.78 is 5.54. The van der Waals surface area contributed by atoms with Crippen LogP contribution in [0.1, 0.15) is 99.8 Å². The molecule has 0 amide bonds. The van der Waals surface area contributed by atoms with E-state index in [4.69, 9.17) is 4.74 Å². The first-order valence-corrected chi connectivity index (χ1v) is 13.7. The van der Waals surface area contributed by atoms with Crippen LogP contribution in [0.3, 0.4) is 0 Å².